The Kier molecular flexibility index (Phi) is 3.26. The van der Waals surface area contributed by atoms with Crippen LogP contribution in [0.25, 0.3) is 16.8 Å². The Hall–Kier alpha value is -2.55. The summed E-state index contributed by atoms with van der Waals surface area (Å²) in [5.74, 6) is 0.170. The maximum Gasteiger partial charge on any atom is 0.222 e. The standard InChI is InChI=1S/C18H18N2O/c1-12-5-4-6-15(9-12)17-11-19-20(18(17)21)16-8-7-13(2)14(3)10-16/h4-11,21H,1-3H3. The van der Waals surface area contributed by atoms with Gasteiger partial charge < -0.3 is 5.11 Å². The van der Waals surface area contributed by atoms with E-state index in [9.17, 15) is 5.11 Å². The molecule has 2 aromatic carbocycles. The molecule has 0 spiro atoms. The maximum atomic E-state index is 10.5. The van der Waals surface area contributed by atoms with E-state index in [2.05, 4.69) is 18.9 Å². The summed E-state index contributed by atoms with van der Waals surface area (Å²) in [6, 6.07) is 14.1. The Morgan fingerprint density at radius 1 is 0.952 bits per heavy atom. The van der Waals surface area contributed by atoms with E-state index >= 15 is 0 Å². The zero-order valence-electron chi connectivity index (χ0n) is 12.5. The molecule has 3 aromatic rings. The molecule has 0 fully saturated rings. The van der Waals surface area contributed by atoms with Crippen molar-refractivity contribution in [2.45, 2.75) is 20.8 Å². The molecule has 3 rings (SSSR count). The summed E-state index contributed by atoms with van der Waals surface area (Å²) in [6.45, 7) is 6.16. The highest BCUT2D eigenvalue weighted by Crippen LogP contribution is 2.31. The topological polar surface area (TPSA) is 38.0 Å². The first-order chi connectivity index (χ1) is 10.1. The summed E-state index contributed by atoms with van der Waals surface area (Å²) < 4.78 is 1.57. The van der Waals surface area contributed by atoms with Gasteiger partial charge >= 0.3 is 0 Å². The van der Waals surface area contributed by atoms with Crippen LogP contribution in [0.5, 0.6) is 5.88 Å². The minimum atomic E-state index is 0.170. The molecule has 1 aromatic heterocycles. The molecule has 21 heavy (non-hydrogen) atoms. The van der Waals surface area contributed by atoms with Gasteiger partial charge in [-0.25, -0.2) is 4.68 Å². The van der Waals surface area contributed by atoms with Gasteiger partial charge in [-0.3, -0.25) is 0 Å². The molecule has 1 N–H and O–H groups in total. The molecule has 0 aliphatic heterocycles. The molecule has 0 unspecified atom stereocenters. The predicted molar refractivity (Wildman–Crippen MR) is 84.9 cm³/mol. The van der Waals surface area contributed by atoms with Crippen LogP contribution in [0.4, 0.5) is 0 Å². The van der Waals surface area contributed by atoms with E-state index in [1.165, 1.54) is 11.1 Å². The molecule has 3 heteroatoms. The fraction of sp³-hybridized carbons (Fsp3) is 0.167. The van der Waals surface area contributed by atoms with Gasteiger partial charge in [0.25, 0.3) is 0 Å². The second kappa shape index (κ2) is 5.09. The molecule has 0 aliphatic rings. The zero-order valence-corrected chi connectivity index (χ0v) is 12.5. The van der Waals surface area contributed by atoms with Crippen LogP contribution in [0.2, 0.25) is 0 Å². The van der Waals surface area contributed by atoms with Gasteiger partial charge in [0.05, 0.1) is 17.4 Å². The summed E-state index contributed by atoms with van der Waals surface area (Å²) in [6.07, 6.45) is 1.71. The van der Waals surface area contributed by atoms with Crippen molar-refractivity contribution in [3.63, 3.8) is 0 Å². The van der Waals surface area contributed by atoms with Crippen LogP contribution in [0.1, 0.15) is 16.7 Å². The number of aryl methyl sites for hydroxylation is 3. The first kappa shape index (κ1) is 13.4. The second-order valence-corrected chi connectivity index (χ2v) is 5.43. The molecule has 0 atom stereocenters. The maximum absolute atomic E-state index is 10.5. The predicted octanol–water partition coefficient (Wildman–Crippen LogP) is 4.17. The lowest BCUT2D eigenvalue weighted by Gasteiger charge is -2.07. The van der Waals surface area contributed by atoms with Crippen molar-refractivity contribution in [3.8, 4) is 22.7 Å². The van der Waals surface area contributed by atoms with Crippen molar-refractivity contribution in [2.24, 2.45) is 0 Å². The van der Waals surface area contributed by atoms with Crippen LogP contribution in [0.3, 0.4) is 0 Å². The summed E-state index contributed by atoms with van der Waals surface area (Å²) in [5, 5.41) is 14.8. The molecule has 0 bridgehead atoms. The van der Waals surface area contributed by atoms with E-state index in [4.69, 9.17) is 0 Å². The molecule has 0 aliphatic carbocycles. The van der Waals surface area contributed by atoms with Crippen molar-refractivity contribution < 1.29 is 5.11 Å². The minimum absolute atomic E-state index is 0.170. The third-order valence-electron chi connectivity index (χ3n) is 3.81. The molecule has 3 nitrogen and oxygen atoms in total. The molecular weight excluding hydrogens is 260 g/mol. The Morgan fingerprint density at radius 3 is 2.48 bits per heavy atom. The molecular formula is C18H18N2O. The Morgan fingerprint density at radius 2 is 1.76 bits per heavy atom. The number of aromatic nitrogens is 2. The minimum Gasteiger partial charge on any atom is -0.493 e. The first-order valence-corrected chi connectivity index (χ1v) is 6.98. The molecule has 1 heterocycles. The number of aromatic hydroxyl groups is 1. The van der Waals surface area contributed by atoms with Crippen molar-refractivity contribution in [1.82, 2.24) is 9.78 Å². The van der Waals surface area contributed by atoms with E-state index in [-0.39, 0.29) is 5.88 Å². The quantitative estimate of drug-likeness (QED) is 0.764. The normalized spacial score (nSPS) is 10.8. The van der Waals surface area contributed by atoms with E-state index in [0.29, 0.717) is 0 Å². The van der Waals surface area contributed by atoms with Crippen LogP contribution in [0, 0.1) is 20.8 Å². The monoisotopic (exact) mass is 278 g/mol. The average molecular weight is 278 g/mol. The van der Waals surface area contributed by atoms with Gasteiger partial charge in [0.2, 0.25) is 5.88 Å². The Bertz CT molecular complexity index is 803. The summed E-state index contributed by atoms with van der Waals surface area (Å²) in [7, 11) is 0. The smallest absolute Gasteiger partial charge is 0.222 e. The summed E-state index contributed by atoms with van der Waals surface area (Å²) in [4.78, 5) is 0. The van der Waals surface area contributed by atoms with E-state index in [0.717, 1.165) is 22.4 Å². The zero-order chi connectivity index (χ0) is 15.0. The van der Waals surface area contributed by atoms with Gasteiger partial charge in [-0.2, -0.15) is 5.10 Å². The van der Waals surface area contributed by atoms with Crippen molar-refractivity contribution in [1.29, 1.82) is 0 Å². The highest BCUT2D eigenvalue weighted by molar-refractivity contribution is 5.69. The van der Waals surface area contributed by atoms with Crippen LogP contribution in [0.15, 0.2) is 48.7 Å². The number of rotatable bonds is 2. The highest BCUT2D eigenvalue weighted by Gasteiger charge is 2.13. The highest BCUT2D eigenvalue weighted by atomic mass is 16.3. The molecule has 0 saturated carbocycles. The summed E-state index contributed by atoms with van der Waals surface area (Å²) in [5.41, 5.74) is 6.16. The van der Waals surface area contributed by atoms with Gasteiger partial charge in [-0.05, 0) is 49.6 Å². The lowest BCUT2D eigenvalue weighted by Crippen LogP contribution is -1.96. The van der Waals surface area contributed by atoms with E-state index in [1.807, 2.05) is 49.4 Å². The van der Waals surface area contributed by atoms with Gasteiger partial charge in [0, 0.05) is 0 Å². The molecule has 0 radical (unpaired) electrons. The number of hydrogen-bond donors (Lipinski definition) is 1. The van der Waals surface area contributed by atoms with Crippen molar-refractivity contribution in [2.75, 3.05) is 0 Å². The Balaban J connectivity index is 2.09. The lowest BCUT2D eigenvalue weighted by molar-refractivity contribution is 0.435. The number of nitrogens with zero attached hydrogens (tertiary/aromatic N) is 2. The largest absolute Gasteiger partial charge is 0.493 e. The molecule has 0 saturated heterocycles. The average Bonchev–Trinajstić information content (AvgIpc) is 2.84. The van der Waals surface area contributed by atoms with Crippen molar-refractivity contribution >= 4 is 0 Å². The molecule has 0 amide bonds. The van der Waals surface area contributed by atoms with E-state index in [1.54, 1.807) is 10.9 Å². The fourth-order valence-corrected chi connectivity index (χ4v) is 2.40. The first-order valence-electron chi connectivity index (χ1n) is 6.98. The number of benzene rings is 2. The SMILES string of the molecule is Cc1cccc(-c2cnn(-c3ccc(C)c(C)c3)c2O)c1. The number of hydrogen-bond acceptors (Lipinski definition) is 2. The third-order valence-corrected chi connectivity index (χ3v) is 3.81. The third kappa shape index (κ3) is 2.42. The second-order valence-electron chi connectivity index (χ2n) is 5.43. The Labute approximate surface area is 124 Å². The van der Waals surface area contributed by atoms with Crippen molar-refractivity contribution in [3.05, 3.63) is 65.4 Å². The fourth-order valence-electron chi connectivity index (χ4n) is 2.40. The van der Waals surface area contributed by atoms with Gasteiger partial charge in [-0.1, -0.05) is 35.9 Å². The van der Waals surface area contributed by atoms with Gasteiger partial charge in [0.15, 0.2) is 0 Å². The van der Waals surface area contributed by atoms with Crippen LogP contribution < -0.4 is 0 Å². The van der Waals surface area contributed by atoms with Gasteiger partial charge in [0.1, 0.15) is 0 Å². The summed E-state index contributed by atoms with van der Waals surface area (Å²) >= 11 is 0. The van der Waals surface area contributed by atoms with Crippen LogP contribution in [-0.2, 0) is 0 Å². The van der Waals surface area contributed by atoms with Crippen LogP contribution >= 0.6 is 0 Å². The lowest BCUT2D eigenvalue weighted by atomic mass is 10.1. The van der Waals surface area contributed by atoms with Crippen LogP contribution in [-0.4, -0.2) is 14.9 Å². The van der Waals surface area contributed by atoms with Gasteiger partial charge in [-0.15, -0.1) is 0 Å². The van der Waals surface area contributed by atoms with E-state index < -0.39 is 0 Å². The molecule has 106 valence electrons.